The molecular formula is C8H11N3O2. The number of pyridine rings is 1. The van der Waals surface area contributed by atoms with Gasteiger partial charge < -0.3 is 16.2 Å². The topological polar surface area (TPSA) is 91.2 Å². The molecule has 0 bridgehead atoms. The lowest BCUT2D eigenvalue weighted by Crippen LogP contribution is -2.14. The van der Waals surface area contributed by atoms with E-state index in [9.17, 15) is 4.79 Å². The fraction of sp³-hybridized carbons (Fsp3) is 0.250. The lowest BCUT2D eigenvalue weighted by atomic mass is 10.3. The number of primary amides is 1. The largest absolute Gasteiger partial charge is 0.476 e. The van der Waals surface area contributed by atoms with Crippen molar-refractivity contribution >= 4 is 11.6 Å². The van der Waals surface area contributed by atoms with E-state index in [0.717, 1.165) is 0 Å². The van der Waals surface area contributed by atoms with E-state index in [1.807, 2.05) is 0 Å². The Morgan fingerprint density at radius 1 is 1.62 bits per heavy atom. The van der Waals surface area contributed by atoms with E-state index in [0.29, 0.717) is 12.3 Å². The Hall–Kier alpha value is -1.78. The van der Waals surface area contributed by atoms with Gasteiger partial charge in [-0.25, -0.2) is 4.98 Å². The first-order valence-corrected chi connectivity index (χ1v) is 3.84. The number of nitrogens with two attached hydrogens (primary N) is 2. The molecule has 0 spiro atoms. The molecule has 0 aromatic carbocycles. The van der Waals surface area contributed by atoms with Crippen molar-refractivity contribution in [1.29, 1.82) is 0 Å². The fourth-order valence-corrected chi connectivity index (χ4v) is 0.841. The monoisotopic (exact) mass is 181 g/mol. The number of nitrogens with zero attached hydrogens (tertiary/aromatic N) is 1. The molecule has 1 aromatic rings. The molecule has 0 aliphatic carbocycles. The summed E-state index contributed by atoms with van der Waals surface area (Å²) in [5.74, 6) is -0.347. The Morgan fingerprint density at radius 3 is 2.85 bits per heavy atom. The minimum Gasteiger partial charge on any atom is -0.476 e. The maximum absolute atomic E-state index is 10.7. The molecule has 1 heterocycles. The summed E-state index contributed by atoms with van der Waals surface area (Å²) < 4.78 is 5.08. The van der Waals surface area contributed by atoms with E-state index < -0.39 is 5.91 Å². The van der Waals surface area contributed by atoms with E-state index in [2.05, 4.69) is 4.98 Å². The second kappa shape index (κ2) is 3.75. The quantitative estimate of drug-likeness (QED) is 0.694. The SMILES string of the molecule is CCOc1nc(C(N)=O)ccc1N. The number of carbonyl (C=O) groups excluding carboxylic acids is 1. The molecule has 1 amide bonds. The zero-order valence-corrected chi connectivity index (χ0v) is 7.28. The minimum absolute atomic E-state index is 0.151. The molecule has 5 heteroatoms. The van der Waals surface area contributed by atoms with Crippen molar-refractivity contribution in [1.82, 2.24) is 4.98 Å². The van der Waals surface area contributed by atoms with Crippen LogP contribution in [-0.4, -0.2) is 17.5 Å². The number of rotatable bonds is 3. The Balaban J connectivity index is 3.03. The van der Waals surface area contributed by atoms with Crippen LogP contribution in [0.3, 0.4) is 0 Å². The van der Waals surface area contributed by atoms with E-state index in [4.69, 9.17) is 16.2 Å². The van der Waals surface area contributed by atoms with Crippen molar-refractivity contribution in [2.24, 2.45) is 5.73 Å². The average Bonchev–Trinajstić information content (AvgIpc) is 2.08. The van der Waals surface area contributed by atoms with E-state index >= 15 is 0 Å². The van der Waals surface area contributed by atoms with Gasteiger partial charge in [0.15, 0.2) is 0 Å². The molecule has 0 aliphatic heterocycles. The zero-order chi connectivity index (χ0) is 9.84. The van der Waals surface area contributed by atoms with Crippen molar-refractivity contribution in [2.45, 2.75) is 6.92 Å². The highest BCUT2D eigenvalue weighted by atomic mass is 16.5. The van der Waals surface area contributed by atoms with Crippen LogP contribution < -0.4 is 16.2 Å². The van der Waals surface area contributed by atoms with Crippen LogP contribution in [0.2, 0.25) is 0 Å². The predicted octanol–water partition coefficient (Wildman–Crippen LogP) is 0.161. The number of hydrogen-bond acceptors (Lipinski definition) is 4. The zero-order valence-electron chi connectivity index (χ0n) is 7.28. The van der Waals surface area contributed by atoms with Crippen LogP contribution in [0.1, 0.15) is 17.4 Å². The first-order valence-electron chi connectivity index (χ1n) is 3.84. The number of amides is 1. The molecule has 70 valence electrons. The smallest absolute Gasteiger partial charge is 0.267 e. The van der Waals surface area contributed by atoms with Crippen molar-refractivity contribution in [3.8, 4) is 5.88 Å². The van der Waals surface area contributed by atoms with Gasteiger partial charge in [0, 0.05) is 0 Å². The summed E-state index contributed by atoms with van der Waals surface area (Å²) in [5.41, 5.74) is 11.1. The molecule has 4 N–H and O–H groups in total. The molecule has 1 aromatic heterocycles. The first kappa shape index (κ1) is 9.31. The molecule has 0 aliphatic rings. The van der Waals surface area contributed by atoms with Gasteiger partial charge >= 0.3 is 0 Å². The Morgan fingerprint density at radius 2 is 2.31 bits per heavy atom. The number of hydrogen-bond donors (Lipinski definition) is 2. The number of anilines is 1. The second-order valence-corrected chi connectivity index (χ2v) is 2.39. The lowest BCUT2D eigenvalue weighted by Gasteiger charge is -2.05. The van der Waals surface area contributed by atoms with E-state index in [1.54, 1.807) is 6.92 Å². The number of nitrogen functional groups attached to an aromatic ring is 1. The summed E-state index contributed by atoms with van der Waals surface area (Å²) in [7, 11) is 0. The number of aromatic nitrogens is 1. The molecule has 0 fully saturated rings. The maximum Gasteiger partial charge on any atom is 0.267 e. The van der Waals surface area contributed by atoms with Crippen molar-refractivity contribution < 1.29 is 9.53 Å². The second-order valence-electron chi connectivity index (χ2n) is 2.39. The maximum atomic E-state index is 10.7. The van der Waals surface area contributed by atoms with Gasteiger partial charge in [0.05, 0.1) is 12.3 Å². The van der Waals surface area contributed by atoms with E-state index in [1.165, 1.54) is 12.1 Å². The van der Waals surface area contributed by atoms with Gasteiger partial charge in [0.1, 0.15) is 5.69 Å². The standard InChI is InChI=1S/C8H11N3O2/c1-2-13-8-5(9)3-4-6(11-8)7(10)12/h3-4H,2,9H2,1H3,(H2,10,12). The highest BCUT2D eigenvalue weighted by Crippen LogP contribution is 2.17. The lowest BCUT2D eigenvalue weighted by molar-refractivity contribution is 0.0994. The summed E-state index contributed by atoms with van der Waals surface area (Å²) >= 11 is 0. The van der Waals surface area contributed by atoms with Gasteiger partial charge in [-0.15, -0.1) is 0 Å². The molecule has 13 heavy (non-hydrogen) atoms. The van der Waals surface area contributed by atoms with Crippen molar-refractivity contribution in [3.05, 3.63) is 17.8 Å². The highest BCUT2D eigenvalue weighted by molar-refractivity contribution is 5.91. The van der Waals surface area contributed by atoms with Gasteiger partial charge in [-0.1, -0.05) is 0 Å². The van der Waals surface area contributed by atoms with Crippen LogP contribution in [0.4, 0.5) is 5.69 Å². The van der Waals surface area contributed by atoms with E-state index in [-0.39, 0.29) is 11.6 Å². The Bertz CT molecular complexity index is 325. The predicted molar refractivity (Wildman–Crippen MR) is 48.3 cm³/mol. The van der Waals surface area contributed by atoms with Crippen molar-refractivity contribution in [3.63, 3.8) is 0 Å². The third kappa shape index (κ3) is 2.08. The highest BCUT2D eigenvalue weighted by Gasteiger charge is 2.06. The van der Waals surface area contributed by atoms with Gasteiger partial charge in [-0.2, -0.15) is 0 Å². The van der Waals surface area contributed by atoms with Crippen LogP contribution in [0.5, 0.6) is 5.88 Å². The van der Waals surface area contributed by atoms with Crippen LogP contribution in [0.15, 0.2) is 12.1 Å². The van der Waals surface area contributed by atoms with Crippen LogP contribution in [-0.2, 0) is 0 Å². The molecule has 0 radical (unpaired) electrons. The number of carbonyl (C=O) groups is 1. The minimum atomic E-state index is -0.596. The number of ether oxygens (including phenoxy) is 1. The molecule has 0 saturated heterocycles. The van der Waals surface area contributed by atoms with Crippen molar-refractivity contribution in [2.75, 3.05) is 12.3 Å². The van der Waals surface area contributed by atoms with Crippen LogP contribution >= 0.6 is 0 Å². The fourth-order valence-electron chi connectivity index (χ4n) is 0.841. The normalized spacial score (nSPS) is 9.62. The summed E-state index contributed by atoms with van der Waals surface area (Å²) in [6.07, 6.45) is 0. The summed E-state index contributed by atoms with van der Waals surface area (Å²) in [6, 6.07) is 3.00. The summed E-state index contributed by atoms with van der Waals surface area (Å²) in [4.78, 5) is 14.6. The van der Waals surface area contributed by atoms with Gasteiger partial charge in [-0.05, 0) is 19.1 Å². The summed E-state index contributed by atoms with van der Waals surface area (Å²) in [6.45, 7) is 2.25. The molecule has 1 rings (SSSR count). The van der Waals surface area contributed by atoms with Gasteiger partial charge in [0.2, 0.25) is 5.88 Å². The average molecular weight is 181 g/mol. The molecular weight excluding hydrogens is 170 g/mol. The summed E-state index contributed by atoms with van der Waals surface area (Å²) in [5, 5.41) is 0. The van der Waals surface area contributed by atoms with Gasteiger partial charge in [-0.3, -0.25) is 4.79 Å². The van der Waals surface area contributed by atoms with Gasteiger partial charge in [0.25, 0.3) is 5.91 Å². The molecule has 5 nitrogen and oxygen atoms in total. The third-order valence-electron chi connectivity index (χ3n) is 1.42. The molecule has 0 saturated carbocycles. The van der Waals surface area contributed by atoms with Crippen LogP contribution in [0, 0.1) is 0 Å². The Kier molecular flexibility index (Phi) is 2.69. The molecule has 0 unspecified atom stereocenters. The van der Waals surface area contributed by atoms with Crippen LogP contribution in [0.25, 0.3) is 0 Å². The molecule has 0 atom stereocenters. The first-order chi connectivity index (χ1) is 6.15. The third-order valence-corrected chi connectivity index (χ3v) is 1.42. The Labute approximate surface area is 75.7 Å².